The van der Waals surface area contributed by atoms with Crippen LogP contribution in [0.3, 0.4) is 0 Å². The van der Waals surface area contributed by atoms with Crippen LogP contribution in [0.15, 0.2) is 10.5 Å². The fraction of sp³-hybridized carbons (Fsp3) is 0.667. The molecule has 3 N–H and O–H groups in total. The van der Waals surface area contributed by atoms with Crippen molar-refractivity contribution in [2.75, 3.05) is 0 Å². The van der Waals surface area contributed by atoms with Crippen LogP contribution < -0.4 is 11.1 Å². The summed E-state index contributed by atoms with van der Waals surface area (Å²) in [4.78, 5) is 9.77. The zero-order valence-corrected chi connectivity index (χ0v) is 13.8. The highest BCUT2D eigenvalue weighted by molar-refractivity contribution is 14.0. The van der Waals surface area contributed by atoms with Gasteiger partial charge in [0.25, 0.3) is 0 Å². The van der Waals surface area contributed by atoms with E-state index in [2.05, 4.69) is 15.3 Å². The number of aryl methyl sites for hydroxylation is 1. The van der Waals surface area contributed by atoms with E-state index in [1.807, 2.05) is 12.4 Å². The molecule has 1 aromatic rings. The summed E-state index contributed by atoms with van der Waals surface area (Å²) in [7, 11) is 0. The third kappa shape index (κ3) is 4.72. The lowest BCUT2D eigenvalue weighted by Crippen LogP contribution is -2.41. The molecule has 1 aliphatic carbocycles. The molecule has 18 heavy (non-hydrogen) atoms. The SMILES string of the molecule is Cc1ncsc1CN=C(N)NC1CCCCC1.I. The Morgan fingerprint density at radius 2 is 2.22 bits per heavy atom. The van der Waals surface area contributed by atoms with Gasteiger partial charge in [-0.1, -0.05) is 19.3 Å². The van der Waals surface area contributed by atoms with Gasteiger partial charge in [-0.15, -0.1) is 35.3 Å². The molecule has 0 radical (unpaired) electrons. The summed E-state index contributed by atoms with van der Waals surface area (Å²) in [5, 5.41) is 3.31. The van der Waals surface area contributed by atoms with Crippen LogP contribution in [-0.4, -0.2) is 17.0 Å². The molecule has 1 saturated carbocycles. The number of guanidine groups is 1. The second kappa shape index (κ2) is 7.93. The average molecular weight is 380 g/mol. The first-order chi connectivity index (χ1) is 8.25. The molecule has 0 unspecified atom stereocenters. The molecule has 0 atom stereocenters. The maximum Gasteiger partial charge on any atom is 0.189 e. The van der Waals surface area contributed by atoms with E-state index in [1.165, 1.54) is 37.0 Å². The number of thiazole rings is 1. The molecule has 4 nitrogen and oxygen atoms in total. The number of nitrogens with two attached hydrogens (primary N) is 1. The lowest BCUT2D eigenvalue weighted by atomic mass is 9.96. The Morgan fingerprint density at radius 1 is 1.50 bits per heavy atom. The minimum absolute atomic E-state index is 0. The second-order valence-corrected chi connectivity index (χ2v) is 5.48. The van der Waals surface area contributed by atoms with E-state index < -0.39 is 0 Å². The molecular weight excluding hydrogens is 359 g/mol. The van der Waals surface area contributed by atoms with Gasteiger partial charge in [0.15, 0.2) is 5.96 Å². The Labute approximate surface area is 129 Å². The van der Waals surface area contributed by atoms with Gasteiger partial charge in [0, 0.05) is 10.9 Å². The van der Waals surface area contributed by atoms with E-state index in [0.717, 1.165) is 5.69 Å². The van der Waals surface area contributed by atoms with Gasteiger partial charge < -0.3 is 11.1 Å². The molecule has 0 bridgehead atoms. The Kier molecular flexibility index (Phi) is 6.91. The van der Waals surface area contributed by atoms with Gasteiger partial charge in [-0.3, -0.25) is 0 Å². The summed E-state index contributed by atoms with van der Waals surface area (Å²) in [6, 6.07) is 0.523. The second-order valence-electron chi connectivity index (χ2n) is 4.54. The van der Waals surface area contributed by atoms with E-state index in [0.29, 0.717) is 18.5 Å². The summed E-state index contributed by atoms with van der Waals surface area (Å²) in [6.45, 7) is 2.65. The Hall–Kier alpha value is -0.370. The van der Waals surface area contributed by atoms with Gasteiger partial charge in [-0.05, 0) is 19.8 Å². The van der Waals surface area contributed by atoms with Gasteiger partial charge in [-0.25, -0.2) is 9.98 Å². The Bertz CT molecular complexity index is 385. The molecule has 6 heteroatoms. The normalized spacial score (nSPS) is 17.3. The zero-order valence-electron chi connectivity index (χ0n) is 10.7. The third-order valence-corrected chi connectivity index (χ3v) is 4.11. The number of hydrogen-bond donors (Lipinski definition) is 2. The summed E-state index contributed by atoms with van der Waals surface area (Å²) in [5.74, 6) is 0.574. The maximum atomic E-state index is 5.89. The molecule has 0 amide bonds. The fourth-order valence-electron chi connectivity index (χ4n) is 2.14. The largest absolute Gasteiger partial charge is 0.370 e. The number of aliphatic imine (C=N–C) groups is 1. The van der Waals surface area contributed by atoms with Crippen LogP contribution in [0.4, 0.5) is 0 Å². The summed E-state index contributed by atoms with van der Waals surface area (Å²) < 4.78 is 0. The maximum absolute atomic E-state index is 5.89. The molecule has 0 aromatic carbocycles. The van der Waals surface area contributed by atoms with Gasteiger partial charge in [0.2, 0.25) is 0 Å². The monoisotopic (exact) mass is 380 g/mol. The number of hydrogen-bond acceptors (Lipinski definition) is 3. The van der Waals surface area contributed by atoms with Crippen molar-refractivity contribution in [2.24, 2.45) is 10.7 Å². The lowest BCUT2D eigenvalue weighted by Gasteiger charge is -2.23. The molecule has 1 aliphatic rings. The lowest BCUT2D eigenvalue weighted by molar-refractivity contribution is 0.412. The van der Waals surface area contributed by atoms with Crippen molar-refractivity contribution >= 4 is 41.3 Å². The molecule has 2 rings (SSSR count). The van der Waals surface area contributed by atoms with Crippen LogP contribution in [0, 0.1) is 6.92 Å². The smallest absolute Gasteiger partial charge is 0.189 e. The average Bonchev–Trinajstić information content (AvgIpc) is 2.74. The van der Waals surface area contributed by atoms with Gasteiger partial charge >= 0.3 is 0 Å². The number of halogens is 1. The zero-order chi connectivity index (χ0) is 12.1. The number of nitrogens with zero attached hydrogens (tertiary/aromatic N) is 2. The van der Waals surface area contributed by atoms with E-state index in [9.17, 15) is 0 Å². The van der Waals surface area contributed by atoms with Crippen molar-refractivity contribution in [1.29, 1.82) is 0 Å². The molecule has 0 spiro atoms. The van der Waals surface area contributed by atoms with E-state index >= 15 is 0 Å². The Morgan fingerprint density at radius 3 is 2.83 bits per heavy atom. The van der Waals surface area contributed by atoms with Crippen LogP contribution in [0.2, 0.25) is 0 Å². The highest BCUT2D eigenvalue weighted by atomic mass is 127. The Balaban J connectivity index is 0.00000162. The number of aromatic nitrogens is 1. The molecule has 0 saturated heterocycles. The highest BCUT2D eigenvalue weighted by Gasteiger charge is 2.13. The van der Waals surface area contributed by atoms with Crippen LogP contribution in [0.1, 0.15) is 42.7 Å². The summed E-state index contributed by atoms with van der Waals surface area (Å²) in [5.41, 5.74) is 8.81. The predicted octanol–water partition coefficient (Wildman–Crippen LogP) is 2.81. The summed E-state index contributed by atoms with van der Waals surface area (Å²) >= 11 is 1.64. The van der Waals surface area contributed by atoms with E-state index in [1.54, 1.807) is 11.3 Å². The predicted molar refractivity (Wildman–Crippen MR) is 87.6 cm³/mol. The highest BCUT2D eigenvalue weighted by Crippen LogP contribution is 2.17. The molecule has 0 aliphatic heterocycles. The van der Waals surface area contributed by atoms with Crippen LogP contribution in [-0.2, 0) is 6.54 Å². The van der Waals surface area contributed by atoms with Crippen LogP contribution in [0.5, 0.6) is 0 Å². The van der Waals surface area contributed by atoms with Gasteiger partial charge in [0.05, 0.1) is 17.7 Å². The van der Waals surface area contributed by atoms with Gasteiger partial charge in [0.1, 0.15) is 0 Å². The van der Waals surface area contributed by atoms with Crippen molar-refractivity contribution in [1.82, 2.24) is 10.3 Å². The van der Waals surface area contributed by atoms with Crippen molar-refractivity contribution in [2.45, 2.75) is 51.6 Å². The van der Waals surface area contributed by atoms with E-state index in [-0.39, 0.29) is 24.0 Å². The van der Waals surface area contributed by atoms with Crippen LogP contribution >= 0.6 is 35.3 Å². The molecule has 1 aromatic heterocycles. The van der Waals surface area contributed by atoms with Crippen molar-refractivity contribution in [3.05, 3.63) is 16.1 Å². The fourth-order valence-corrected chi connectivity index (χ4v) is 2.84. The molecule has 102 valence electrons. The topological polar surface area (TPSA) is 63.3 Å². The standard InChI is InChI=1S/C12H20N4S.HI/c1-9-11(17-8-15-9)7-14-12(13)16-10-5-3-2-4-6-10;/h8,10H,2-7H2,1H3,(H3,13,14,16);1H. The van der Waals surface area contributed by atoms with Gasteiger partial charge in [-0.2, -0.15) is 0 Å². The number of rotatable bonds is 3. The first-order valence-corrected chi connectivity index (χ1v) is 7.09. The van der Waals surface area contributed by atoms with E-state index in [4.69, 9.17) is 5.73 Å². The quantitative estimate of drug-likeness (QED) is 0.482. The molecule has 1 heterocycles. The van der Waals surface area contributed by atoms with Crippen LogP contribution in [0.25, 0.3) is 0 Å². The van der Waals surface area contributed by atoms with Crippen molar-refractivity contribution in [3.63, 3.8) is 0 Å². The van der Waals surface area contributed by atoms with Crippen molar-refractivity contribution in [3.8, 4) is 0 Å². The first-order valence-electron chi connectivity index (χ1n) is 6.21. The first kappa shape index (κ1) is 15.7. The number of nitrogens with one attached hydrogen (secondary N) is 1. The third-order valence-electron chi connectivity index (χ3n) is 3.20. The minimum atomic E-state index is 0. The molecular formula is C12H21IN4S. The molecule has 1 fully saturated rings. The minimum Gasteiger partial charge on any atom is -0.370 e. The summed E-state index contributed by atoms with van der Waals surface area (Å²) in [6.07, 6.45) is 6.40. The van der Waals surface area contributed by atoms with Crippen molar-refractivity contribution < 1.29 is 0 Å².